The van der Waals surface area contributed by atoms with Crippen LogP contribution in [0.1, 0.15) is 22.1 Å². The second kappa shape index (κ2) is 9.50. The van der Waals surface area contributed by atoms with E-state index in [-0.39, 0.29) is 17.1 Å². The zero-order chi connectivity index (χ0) is 16.8. The summed E-state index contributed by atoms with van der Waals surface area (Å²) in [6.45, 7) is 2.07. The third kappa shape index (κ3) is 5.25. The first-order valence-corrected chi connectivity index (χ1v) is 8.65. The molecule has 134 valence electrons. The molecule has 0 saturated carbocycles. The predicted molar refractivity (Wildman–Crippen MR) is 100 cm³/mol. The van der Waals surface area contributed by atoms with Gasteiger partial charge in [0.1, 0.15) is 5.01 Å². The Bertz CT molecular complexity index is 833. The molecule has 0 aliphatic heterocycles. The van der Waals surface area contributed by atoms with E-state index in [1.54, 1.807) is 6.20 Å². The van der Waals surface area contributed by atoms with Gasteiger partial charge in [0, 0.05) is 33.7 Å². The van der Waals surface area contributed by atoms with Crippen LogP contribution in [-0.4, -0.2) is 10.1 Å². The van der Waals surface area contributed by atoms with Gasteiger partial charge in [0.25, 0.3) is 0 Å². The summed E-state index contributed by atoms with van der Waals surface area (Å²) in [5, 5.41) is 11.2. The van der Waals surface area contributed by atoms with E-state index < -0.39 is 6.10 Å². The number of nitrogens with zero attached hydrogens (tertiary/aromatic N) is 1. The van der Waals surface area contributed by atoms with Crippen LogP contribution in [0.15, 0.2) is 85.1 Å². The van der Waals surface area contributed by atoms with Crippen molar-refractivity contribution in [2.45, 2.75) is 13.0 Å². The molecule has 0 fully saturated rings. The Hall–Kier alpha value is -1.97. The Labute approximate surface area is 163 Å². The molecular weight excluding hydrogens is 370 g/mol. The van der Waals surface area contributed by atoms with Gasteiger partial charge in [-0.1, -0.05) is 29.9 Å². The molecule has 4 heteroatoms. The minimum atomic E-state index is -0.578. The number of thiazole rings is 1. The zero-order valence-corrected chi connectivity index (χ0v) is 15.7. The molecule has 0 spiro atoms. The van der Waals surface area contributed by atoms with Crippen LogP contribution in [0.25, 0.3) is 10.6 Å². The fourth-order valence-electron chi connectivity index (χ4n) is 2.38. The summed E-state index contributed by atoms with van der Waals surface area (Å²) in [5.74, 6) is 0. The molecule has 1 aromatic heterocycles. The van der Waals surface area contributed by atoms with E-state index in [4.69, 9.17) is 0 Å². The minimum Gasteiger partial charge on any atom is -0.747 e. The van der Waals surface area contributed by atoms with Gasteiger partial charge in [-0.2, -0.15) is 18.2 Å². The quantitative estimate of drug-likeness (QED) is 0.380. The summed E-state index contributed by atoms with van der Waals surface area (Å²) >= 11 is 1.54. The van der Waals surface area contributed by atoms with Gasteiger partial charge in [0.15, 0.2) is 0 Å². The van der Waals surface area contributed by atoms with Crippen LogP contribution in [0.4, 0.5) is 0 Å². The summed E-state index contributed by atoms with van der Waals surface area (Å²) in [6, 6.07) is 26.0. The number of hydrogen-bond acceptors (Lipinski definition) is 3. The molecule has 0 aliphatic carbocycles. The monoisotopic (exact) mass is 389 g/mol. The van der Waals surface area contributed by atoms with Gasteiger partial charge in [-0.05, 0) is 13.0 Å². The van der Waals surface area contributed by atoms with Gasteiger partial charge in [0.2, 0.25) is 0 Å². The van der Waals surface area contributed by atoms with Gasteiger partial charge in [-0.15, -0.1) is 11.3 Å². The first-order chi connectivity index (χ1) is 11.7. The first-order valence-electron chi connectivity index (χ1n) is 7.83. The SMILES string of the molecule is Cc1cccc(-c2ncc(C(O)[c-]3[cH-][cH-][cH-][cH-]3)s2)c1.[Fe].c1cc[cH-]c1. The summed E-state index contributed by atoms with van der Waals surface area (Å²) in [7, 11) is 0. The van der Waals surface area contributed by atoms with Gasteiger partial charge in [-0.3, -0.25) is 0 Å². The molecule has 0 aliphatic rings. The van der Waals surface area contributed by atoms with E-state index in [0.717, 1.165) is 21.0 Å². The first kappa shape index (κ1) is 19.4. The molecule has 4 rings (SSSR count). The smallest absolute Gasteiger partial charge is 0.123 e. The van der Waals surface area contributed by atoms with Crippen LogP contribution in [0.5, 0.6) is 0 Å². The fourth-order valence-corrected chi connectivity index (χ4v) is 3.31. The fraction of sp³-hybridized carbons (Fsp3) is 0.0952. The number of aromatic nitrogens is 1. The van der Waals surface area contributed by atoms with Crippen molar-refractivity contribution in [1.29, 1.82) is 0 Å². The summed E-state index contributed by atoms with van der Waals surface area (Å²) < 4.78 is 0. The van der Waals surface area contributed by atoms with E-state index in [2.05, 4.69) is 24.0 Å². The maximum atomic E-state index is 10.3. The van der Waals surface area contributed by atoms with E-state index in [1.807, 2.05) is 66.7 Å². The van der Waals surface area contributed by atoms with E-state index in [9.17, 15) is 5.11 Å². The van der Waals surface area contributed by atoms with Crippen LogP contribution >= 0.6 is 11.3 Å². The molecule has 0 bridgehead atoms. The molecule has 1 unspecified atom stereocenters. The summed E-state index contributed by atoms with van der Waals surface area (Å²) in [5.41, 5.74) is 3.23. The zero-order valence-electron chi connectivity index (χ0n) is 13.8. The Morgan fingerprint density at radius 2 is 1.84 bits per heavy atom. The van der Waals surface area contributed by atoms with Crippen molar-refractivity contribution < 1.29 is 22.2 Å². The summed E-state index contributed by atoms with van der Waals surface area (Å²) in [4.78, 5) is 5.29. The number of aliphatic hydroxyl groups excluding tert-OH is 1. The standard InChI is InChI=1S/C16H14NOS.C5H5.Fe/c1-11-5-4-8-13(9-11)16-17-10-14(19-16)15(18)12-6-2-3-7-12;1-2-4-5-3-1;/h2-10,15,18H,1H3;1-5H;/q-5;-1;. The van der Waals surface area contributed by atoms with Crippen molar-refractivity contribution in [2.75, 3.05) is 0 Å². The van der Waals surface area contributed by atoms with Crippen molar-refractivity contribution in [3.05, 3.63) is 101 Å². The Morgan fingerprint density at radius 3 is 2.44 bits per heavy atom. The molecule has 0 amide bonds. The largest absolute Gasteiger partial charge is 0.747 e. The van der Waals surface area contributed by atoms with Crippen LogP contribution in [0.3, 0.4) is 0 Å². The van der Waals surface area contributed by atoms with Crippen molar-refractivity contribution in [2.24, 2.45) is 0 Å². The molecule has 0 saturated heterocycles. The van der Waals surface area contributed by atoms with Gasteiger partial charge >= 0.3 is 0 Å². The number of aryl methyl sites for hydroxylation is 1. The normalized spacial score (nSPS) is 11.1. The number of rotatable bonds is 3. The summed E-state index contributed by atoms with van der Waals surface area (Å²) in [6.07, 6.45) is 1.19. The second-order valence-electron chi connectivity index (χ2n) is 5.52. The van der Waals surface area contributed by atoms with E-state index in [1.165, 1.54) is 16.9 Å². The second-order valence-corrected chi connectivity index (χ2v) is 6.58. The van der Waals surface area contributed by atoms with Crippen molar-refractivity contribution in [3.63, 3.8) is 0 Å². The number of benzene rings is 1. The Morgan fingerprint density at radius 1 is 1.12 bits per heavy atom. The van der Waals surface area contributed by atoms with E-state index in [0.29, 0.717) is 0 Å². The molecule has 1 N–H and O–H groups in total. The molecule has 25 heavy (non-hydrogen) atoms. The van der Waals surface area contributed by atoms with Crippen LogP contribution in [0.2, 0.25) is 0 Å². The molecule has 4 aromatic rings. The Balaban J connectivity index is 0.000000325. The van der Waals surface area contributed by atoms with E-state index >= 15 is 0 Å². The van der Waals surface area contributed by atoms with Gasteiger partial charge < -0.3 is 34.9 Å². The molecule has 0 radical (unpaired) electrons. The van der Waals surface area contributed by atoms with Crippen LogP contribution in [-0.2, 0) is 17.1 Å². The third-order valence-electron chi connectivity index (χ3n) is 3.62. The Kier molecular flexibility index (Phi) is 7.35. The van der Waals surface area contributed by atoms with Crippen LogP contribution in [0, 0.1) is 6.92 Å². The molecule has 3 aromatic carbocycles. The predicted octanol–water partition coefficient (Wildman–Crippen LogP) is 5.32. The topological polar surface area (TPSA) is 33.1 Å². The van der Waals surface area contributed by atoms with Gasteiger partial charge in [-0.25, -0.2) is 17.1 Å². The van der Waals surface area contributed by atoms with Crippen molar-refractivity contribution >= 4 is 11.3 Å². The molecule has 1 heterocycles. The molecule has 2 nitrogen and oxygen atoms in total. The van der Waals surface area contributed by atoms with Crippen molar-refractivity contribution in [1.82, 2.24) is 4.98 Å². The maximum Gasteiger partial charge on any atom is 0.123 e. The van der Waals surface area contributed by atoms with Crippen molar-refractivity contribution in [3.8, 4) is 10.6 Å². The van der Waals surface area contributed by atoms with Crippen LogP contribution < -0.4 is 0 Å². The number of hydrogen-bond donors (Lipinski definition) is 1. The molecular formula is C21H19FeNOS-6. The molecule has 1 atom stereocenters. The average Bonchev–Trinajstić information content (AvgIpc) is 3.39. The third-order valence-corrected chi connectivity index (χ3v) is 4.72. The maximum absolute atomic E-state index is 10.3. The number of aliphatic hydroxyl groups is 1. The average molecular weight is 389 g/mol. The van der Waals surface area contributed by atoms with Gasteiger partial charge in [0.05, 0.1) is 0 Å². The minimum absolute atomic E-state index is 0.